The zero-order valence-corrected chi connectivity index (χ0v) is 12.4. The van der Waals surface area contributed by atoms with Crippen molar-refractivity contribution in [3.8, 4) is 0 Å². The van der Waals surface area contributed by atoms with Crippen LogP contribution >= 0.6 is 15.9 Å². The molecule has 3 nitrogen and oxygen atoms in total. The summed E-state index contributed by atoms with van der Waals surface area (Å²) >= 11 is 3.46. The summed E-state index contributed by atoms with van der Waals surface area (Å²) in [6.45, 7) is 7.54. The monoisotopic (exact) mass is 312 g/mol. The fraction of sp³-hybridized carbons (Fsp3) is 0.571. The fourth-order valence-corrected chi connectivity index (χ4v) is 2.74. The van der Waals surface area contributed by atoms with E-state index in [0.717, 1.165) is 37.2 Å². The van der Waals surface area contributed by atoms with Crippen molar-refractivity contribution in [2.45, 2.75) is 19.5 Å². The van der Waals surface area contributed by atoms with E-state index in [9.17, 15) is 0 Å². The summed E-state index contributed by atoms with van der Waals surface area (Å²) in [4.78, 5) is 4.85. The van der Waals surface area contributed by atoms with Crippen LogP contribution in [0.2, 0.25) is 0 Å². The van der Waals surface area contributed by atoms with Gasteiger partial charge < -0.3 is 5.11 Å². The van der Waals surface area contributed by atoms with E-state index in [1.54, 1.807) is 0 Å². The third kappa shape index (κ3) is 3.79. The Morgan fingerprint density at radius 1 is 1.28 bits per heavy atom. The molecule has 0 radical (unpaired) electrons. The largest absolute Gasteiger partial charge is 0.395 e. The lowest BCUT2D eigenvalue weighted by atomic mass is 10.1. The second-order valence-electron chi connectivity index (χ2n) is 4.97. The Labute approximate surface area is 118 Å². The zero-order chi connectivity index (χ0) is 13.0. The Bertz CT molecular complexity index is 369. The summed E-state index contributed by atoms with van der Waals surface area (Å²) in [5, 5.41) is 8.97. The molecule has 0 aliphatic carbocycles. The summed E-state index contributed by atoms with van der Waals surface area (Å²) in [5.41, 5.74) is 1.36. The average Bonchev–Trinajstić information content (AvgIpc) is 2.36. The van der Waals surface area contributed by atoms with Crippen LogP contribution in [0.3, 0.4) is 0 Å². The van der Waals surface area contributed by atoms with Crippen molar-refractivity contribution < 1.29 is 5.11 Å². The number of piperazine rings is 1. The van der Waals surface area contributed by atoms with Gasteiger partial charge in [0.05, 0.1) is 6.61 Å². The number of rotatable bonds is 4. The first-order valence-electron chi connectivity index (χ1n) is 6.51. The van der Waals surface area contributed by atoms with E-state index in [1.165, 1.54) is 5.56 Å². The summed E-state index contributed by atoms with van der Waals surface area (Å²) in [5.74, 6) is 0. The molecule has 1 aliphatic heterocycles. The Morgan fingerprint density at radius 3 is 2.61 bits per heavy atom. The van der Waals surface area contributed by atoms with Gasteiger partial charge in [0.25, 0.3) is 0 Å². The van der Waals surface area contributed by atoms with E-state index in [1.807, 2.05) is 0 Å². The normalized spacial score (nSPS) is 22.3. The van der Waals surface area contributed by atoms with E-state index in [4.69, 9.17) is 5.11 Å². The van der Waals surface area contributed by atoms with Crippen LogP contribution in [0.15, 0.2) is 28.7 Å². The van der Waals surface area contributed by atoms with Gasteiger partial charge in [-0.1, -0.05) is 28.1 Å². The summed E-state index contributed by atoms with van der Waals surface area (Å²) in [6, 6.07) is 9.10. The number of β-amino-alcohol motifs (C(OH)–C–C–N with tert-alkyl or cyclic N) is 1. The predicted molar refractivity (Wildman–Crippen MR) is 77.5 cm³/mol. The molecular formula is C14H21BrN2O. The van der Waals surface area contributed by atoms with Crippen LogP contribution in [0.25, 0.3) is 0 Å². The van der Waals surface area contributed by atoms with E-state index in [2.05, 4.69) is 56.9 Å². The van der Waals surface area contributed by atoms with Crippen LogP contribution in [0.5, 0.6) is 0 Å². The summed E-state index contributed by atoms with van der Waals surface area (Å²) in [6.07, 6.45) is 0. The molecule has 1 heterocycles. The first kappa shape index (κ1) is 14.0. The van der Waals surface area contributed by atoms with Crippen molar-refractivity contribution in [1.82, 2.24) is 9.80 Å². The van der Waals surface area contributed by atoms with E-state index in [-0.39, 0.29) is 6.61 Å². The molecule has 0 saturated carbocycles. The SMILES string of the molecule is CC1CN(CCO)CCN1Cc1ccc(Br)cc1. The molecule has 1 atom stereocenters. The maximum absolute atomic E-state index is 8.97. The highest BCUT2D eigenvalue weighted by Gasteiger charge is 2.22. The van der Waals surface area contributed by atoms with E-state index >= 15 is 0 Å². The Balaban J connectivity index is 1.89. The number of halogens is 1. The molecule has 0 spiro atoms. The Morgan fingerprint density at radius 2 is 2.00 bits per heavy atom. The maximum Gasteiger partial charge on any atom is 0.0558 e. The molecule has 100 valence electrons. The van der Waals surface area contributed by atoms with Gasteiger partial charge in [0.2, 0.25) is 0 Å². The van der Waals surface area contributed by atoms with Crippen molar-refractivity contribution in [1.29, 1.82) is 0 Å². The van der Waals surface area contributed by atoms with Gasteiger partial charge in [0, 0.05) is 43.2 Å². The molecule has 1 N–H and O–H groups in total. The van der Waals surface area contributed by atoms with Gasteiger partial charge in [-0.2, -0.15) is 0 Å². The lowest BCUT2D eigenvalue weighted by Crippen LogP contribution is -2.51. The Kier molecular flexibility index (Phi) is 5.18. The highest BCUT2D eigenvalue weighted by Crippen LogP contribution is 2.16. The van der Waals surface area contributed by atoms with Crippen molar-refractivity contribution in [3.63, 3.8) is 0 Å². The summed E-state index contributed by atoms with van der Waals surface area (Å²) < 4.78 is 1.13. The van der Waals surface area contributed by atoms with Gasteiger partial charge in [-0.05, 0) is 24.6 Å². The van der Waals surface area contributed by atoms with Crippen LogP contribution in [-0.4, -0.2) is 53.7 Å². The van der Waals surface area contributed by atoms with Gasteiger partial charge in [0.1, 0.15) is 0 Å². The van der Waals surface area contributed by atoms with Crippen molar-refractivity contribution in [3.05, 3.63) is 34.3 Å². The molecule has 1 aliphatic rings. The fourth-order valence-electron chi connectivity index (χ4n) is 2.47. The first-order valence-corrected chi connectivity index (χ1v) is 7.30. The minimum absolute atomic E-state index is 0.263. The van der Waals surface area contributed by atoms with Gasteiger partial charge in [-0.15, -0.1) is 0 Å². The number of nitrogens with zero attached hydrogens (tertiary/aromatic N) is 2. The summed E-state index contributed by atoms with van der Waals surface area (Å²) in [7, 11) is 0. The lowest BCUT2D eigenvalue weighted by Gasteiger charge is -2.39. The molecular weight excluding hydrogens is 292 g/mol. The van der Waals surface area contributed by atoms with Crippen LogP contribution < -0.4 is 0 Å². The van der Waals surface area contributed by atoms with E-state index in [0.29, 0.717) is 6.04 Å². The van der Waals surface area contributed by atoms with Gasteiger partial charge in [-0.25, -0.2) is 0 Å². The first-order chi connectivity index (χ1) is 8.69. The minimum Gasteiger partial charge on any atom is -0.395 e. The van der Waals surface area contributed by atoms with Crippen molar-refractivity contribution in [2.75, 3.05) is 32.8 Å². The van der Waals surface area contributed by atoms with Crippen LogP contribution in [-0.2, 0) is 6.54 Å². The van der Waals surface area contributed by atoms with Crippen LogP contribution in [0.1, 0.15) is 12.5 Å². The minimum atomic E-state index is 0.263. The Hall–Kier alpha value is -0.420. The number of aliphatic hydroxyl groups is 1. The second-order valence-corrected chi connectivity index (χ2v) is 5.89. The predicted octanol–water partition coefficient (Wildman–Crippen LogP) is 1.95. The van der Waals surface area contributed by atoms with Gasteiger partial charge in [0.15, 0.2) is 0 Å². The highest BCUT2D eigenvalue weighted by molar-refractivity contribution is 9.10. The molecule has 1 aromatic carbocycles. The molecule has 1 aromatic rings. The van der Waals surface area contributed by atoms with Crippen molar-refractivity contribution in [2.24, 2.45) is 0 Å². The van der Waals surface area contributed by atoms with Gasteiger partial charge in [-0.3, -0.25) is 9.80 Å². The number of hydrogen-bond donors (Lipinski definition) is 1. The van der Waals surface area contributed by atoms with Crippen molar-refractivity contribution >= 4 is 15.9 Å². The standard InChI is InChI=1S/C14H21BrN2O/c1-12-10-16(8-9-18)6-7-17(12)11-13-2-4-14(15)5-3-13/h2-5,12,18H,6-11H2,1H3. The molecule has 0 amide bonds. The quantitative estimate of drug-likeness (QED) is 0.920. The molecule has 18 heavy (non-hydrogen) atoms. The highest BCUT2D eigenvalue weighted by atomic mass is 79.9. The molecule has 1 saturated heterocycles. The zero-order valence-electron chi connectivity index (χ0n) is 10.8. The van der Waals surface area contributed by atoms with Crippen LogP contribution in [0.4, 0.5) is 0 Å². The van der Waals surface area contributed by atoms with Crippen LogP contribution in [0, 0.1) is 0 Å². The molecule has 1 unspecified atom stereocenters. The third-order valence-electron chi connectivity index (χ3n) is 3.56. The number of aliphatic hydroxyl groups excluding tert-OH is 1. The molecule has 4 heteroatoms. The smallest absolute Gasteiger partial charge is 0.0558 e. The number of benzene rings is 1. The topological polar surface area (TPSA) is 26.7 Å². The average molecular weight is 313 g/mol. The van der Waals surface area contributed by atoms with E-state index < -0.39 is 0 Å². The molecule has 0 aromatic heterocycles. The third-order valence-corrected chi connectivity index (χ3v) is 4.09. The molecule has 0 bridgehead atoms. The molecule has 1 fully saturated rings. The number of hydrogen-bond acceptors (Lipinski definition) is 3. The second kappa shape index (κ2) is 6.66. The lowest BCUT2D eigenvalue weighted by molar-refractivity contribution is 0.0664. The maximum atomic E-state index is 8.97. The van der Waals surface area contributed by atoms with Gasteiger partial charge >= 0.3 is 0 Å². The molecule has 2 rings (SSSR count).